The minimum atomic E-state index is -3.08. The fourth-order valence-electron chi connectivity index (χ4n) is 1.75. The molecule has 0 spiro atoms. The van der Waals surface area contributed by atoms with Gasteiger partial charge in [-0.05, 0) is 11.8 Å². The number of carbonyl (C=O) groups is 1. The number of nitrogens with two attached hydrogens (primary N) is 1. The molecule has 0 bridgehead atoms. The predicted molar refractivity (Wildman–Crippen MR) is 77.7 cm³/mol. The van der Waals surface area contributed by atoms with Crippen LogP contribution in [0, 0.1) is 5.41 Å². The van der Waals surface area contributed by atoms with Gasteiger partial charge in [-0.3, -0.25) is 4.79 Å². The number of halogens is 1. The molecule has 8 heteroatoms. The molecule has 1 atom stereocenters. The number of sulfonamides is 1. The molecule has 0 unspecified atom stereocenters. The SMILES string of the molecule is CC(C)(C)[C@H](N)C(=O)NCCN1CCCS1(=O)=O.Cl. The molecular formula is C11H24ClN3O3S. The molecular weight excluding hydrogens is 290 g/mol. The highest BCUT2D eigenvalue weighted by Gasteiger charge is 2.29. The van der Waals surface area contributed by atoms with Crippen LogP contribution >= 0.6 is 12.4 Å². The molecule has 0 aromatic heterocycles. The van der Waals surface area contributed by atoms with Crippen LogP contribution in [-0.2, 0) is 14.8 Å². The van der Waals surface area contributed by atoms with E-state index >= 15 is 0 Å². The van der Waals surface area contributed by atoms with Crippen molar-refractivity contribution in [3.63, 3.8) is 0 Å². The van der Waals surface area contributed by atoms with Gasteiger partial charge < -0.3 is 11.1 Å². The van der Waals surface area contributed by atoms with Crippen molar-refractivity contribution in [3.05, 3.63) is 0 Å². The summed E-state index contributed by atoms with van der Waals surface area (Å²) in [6, 6.07) is -0.590. The number of hydrogen-bond acceptors (Lipinski definition) is 4. The summed E-state index contributed by atoms with van der Waals surface area (Å²) in [6.07, 6.45) is 0.664. The lowest BCUT2D eigenvalue weighted by Gasteiger charge is -2.26. The lowest BCUT2D eigenvalue weighted by Crippen LogP contribution is -2.50. The molecule has 3 N–H and O–H groups in total. The van der Waals surface area contributed by atoms with Crippen LogP contribution < -0.4 is 11.1 Å². The first-order valence-electron chi connectivity index (χ1n) is 6.16. The summed E-state index contributed by atoms with van der Waals surface area (Å²) in [6.45, 7) is 6.85. The number of rotatable bonds is 4. The smallest absolute Gasteiger partial charge is 0.237 e. The zero-order valence-electron chi connectivity index (χ0n) is 11.7. The summed E-state index contributed by atoms with van der Waals surface area (Å²) >= 11 is 0. The van der Waals surface area contributed by atoms with Crippen LogP contribution in [0.2, 0.25) is 0 Å². The van der Waals surface area contributed by atoms with E-state index in [-0.39, 0.29) is 29.5 Å². The lowest BCUT2D eigenvalue weighted by atomic mass is 9.87. The Hall–Kier alpha value is -0.370. The molecule has 1 fully saturated rings. The van der Waals surface area contributed by atoms with E-state index in [1.807, 2.05) is 20.8 Å². The third-order valence-electron chi connectivity index (χ3n) is 3.08. The van der Waals surface area contributed by atoms with Gasteiger partial charge in [-0.15, -0.1) is 12.4 Å². The van der Waals surface area contributed by atoms with Gasteiger partial charge in [0.15, 0.2) is 0 Å². The van der Waals surface area contributed by atoms with Crippen LogP contribution in [0.5, 0.6) is 0 Å². The minimum Gasteiger partial charge on any atom is -0.353 e. The first-order valence-corrected chi connectivity index (χ1v) is 7.76. The van der Waals surface area contributed by atoms with E-state index in [1.54, 1.807) is 0 Å². The number of carbonyl (C=O) groups excluding carboxylic acids is 1. The Bertz CT molecular complexity index is 406. The minimum absolute atomic E-state index is 0. The molecule has 0 aromatic carbocycles. The number of hydrogen-bond donors (Lipinski definition) is 2. The molecule has 0 aliphatic carbocycles. The Morgan fingerprint density at radius 1 is 1.42 bits per heavy atom. The van der Waals surface area contributed by atoms with E-state index in [9.17, 15) is 13.2 Å². The molecule has 1 aliphatic heterocycles. The van der Waals surface area contributed by atoms with Crippen molar-refractivity contribution in [3.8, 4) is 0 Å². The molecule has 0 saturated carbocycles. The summed E-state index contributed by atoms with van der Waals surface area (Å²) in [4.78, 5) is 11.7. The molecule has 1 amide bonds. The van der Waals surface area contributed by atoms with Gasteiger partial charge in [-0.25, -0.2) is 12.7 Å². The summed E-state index contributed by atoms with van der Waals surface area (Å²) in [5.74, 6) is -0.0262. The van der Waals surface area contributed by atoms with Crippen molar-refractivity contribution < 1.29 is 13.2 Å². The first-order chi connectivity index (χ1) is 8.14. The summed E-state index contributed by atoms with van der Waals surface area (Å²) in [5.41, 5.74) is 5.50. The first kappa shape index (κ1) is 18.6. The third-order valence-corrected chi connectivity index (χ3v) is 5.04. The van der Waals surface area contributed by atoms with Gasteiger partial charge in [-0.2, -0.15) is 0 Å². The van der Waals surface area contributed by atoms with Gasteiger partial charge in [0, 0.05) is 19.6 Å². The molecule has 0 aromatic rings. The van der Waals surface area contributed by atoms with Gasteiger partial charge in [0.1, 0.15) is 0 Å². The van der Waals surface area contributed by atoms with Gasteiger partial charge >= 0.3 is 0 Å². The van der Waals surface area contributed by atoms with E-state index in [0.717, 1.165) is 0 Å². The van der Waals surface area contributed by atoms with Crippen LogP contribution in [0.4, 0.5) is 0 Å². The molecule has 6 nitrogen and oxygen atoms in total. The van der Waals surface area contributed by atoms with Crippen molar-refractivity contribution >= 4 is 28.3 Å². The summed E-state index contributed by atoms with van der Waals surface area (Å²) in [7, 11) is -3.08. The van der Waals surface area contributed by atoms with E-state index in [1.165, 1.54) is 4.31 Å². The monoisotopic (exact) mass is 313 g/mol. The van der Waals surface area contributed by atoms with Gasteiger partial charge in [-0.1, -0.05) is 20.8 Å². The summed E-state index contributed by atoms with van der Waals surface area (Å²) in [5, 5.41) is 2.68. The average Bonchev–Trinajstić information content (AvgIpc) is 2.55. The van der Waals surface area contributed by atoms with Gasteiger partial charge in [0.05, 0.1) is 11.8 Å². The highest BCUT2D eigenvalue weighted by Crippen LogP contribution is 2.17. The van der Waals surface area contributed by atoms with Gasteiger partial charge in [0.25, 0.3) is 0 Å². The van der Waals surface area contributed by atoms with E-state index in [2.05, 4.69) is 5.32 Å². The zero-order chi connectivity index (χ0) is 14.0. The Kier molecular flexibility index (Phi) is 6.74. The van der Waals surface area contributed by atoms with Crippen molar-refractivity contribution in [2.45, 2.75) is 33.2 Å². The highest BCUT2D eigenvalue weighted by atomic mass is 35.5. The molecule has 1 rings (SSSR count). The number of nitrogens with zero attached hydrogens (tertiary/aromatic N) is 1. The maximum Gasteiger partial charge on any atom is 0.237 e. The van der Waals surface area contributed by atoms with Crippen molar-refractivity contribution in [1.29, 1.82) is 0 Å². The second-order valence-electron chi connectivity index (χ2n) is 5.70. The van der Waals surface area contributed by atoms with Crippen LogP contribution in [0.3, 0.4) is 0 Å². The fraction of sp³-hybridized carbons (Fsp3) is 0.909. The maximum atomic E-state index is 11.7. The number of nitrogens with one attached hydrogen (secondary N) is 1. The Morgan fingerprint density at radius 2 is 2.00 bits per heavy atom. The fourth-order valence-corrected chi connectivity index (χ4v) is 3.28. The highest BCUT2D eigenvalue weighted by molar-refractivity contribution is 7.89. The Labute approximate surface area is 121 Å². The average molecular weight is 314 g/mol. The quantitative estimate of drug-likeness (QED) is 0.760. The molecule has 1 heterocycles. The third kappa shape index (κ3) is 5.25. The van der Waals surface area contributed by atoms with Crippen LogP contribution in [-0.4, -0.2) is 50.1 Å². The standard InChI is InChI=1S/C11H23N3O3S.ClH/c1-11(2,3)9(12)10(15)13-5-7-14-6-4-8-18(14,16)17;/h9H,4-8,12H2,1-3H3,(H,13,15);1H/t9-;/m1./s1. The van der Waals surface area contributed by atoms with E-state index in [4.69, 9.17) is 5.73 Å². The van der Waals surface area contributed by atoms with Gasteiger partial charge in [0.2, 0.25) is 15.9 Å². The second-order valence-corrected chi connectivity index (χ2v) is 7.79. The van der Waals surface area contributed by atoms with E-state index < -0.39 is 16.1 Å². The normalized spacial score (nSPS) is 20.6. The number of amides is 1. The molecule has 0 radical (unpaired) electrons. The zero-order valence-corrected chi connectivity index (χ0v) is 13.3. The lowest BCUT2D eigenvalue weighted by molar-refractivity contribution is -0.124. The van der Waals surface area contributed by atoms with E-state index in [0.29, 0.717) is 26.1 Å². The second kappa shape index (κ2) is 6.88. The molecule has 1 aliphatic rings. The molecule has 1 saturated heterocycles. The molecule has 19 heavy (non-hydrogen) atoms. The van der Waals surface area contributed by atoms with Crippen molar-refractivity contribution in [1.82, 2.24) is 9.62 Å². The maximum absolute atomic E-state index is 11.7. The Balaban J connectivity index is 0.00000324. The van der Waals surface area contributed by atoms with Crippen LogP contribution in [0.15, 0.2) is 0 Å². The topological polar surface area (TPSA) is 92.5 Å². The molecule has 114 valence electrons. The van der Waals surface area contributed by atoms with Crippen LogP contribution in [0.25, 0.3) is 0 Å². The van der Waals surface area contributed by atoms with Crippen molar-refractivity contribution in [2.24, 2.45) is 11.1 Å². The summed E-state index contributed by atoms with van der Waals surface area (Å²) < 4.78 is 24.5. The Morgan fingerprint density at radius 3 is 2.42 bits per heavy atom. The van der Waals surface area contributed by atoms with Crippen molar-refractivity contribution in [2.75, 3.05) is 25.4 Å². The largest absolute Gasteiger partial charge is 0.353 e. The van der Waals surface area contributed by atoms with Crippen LogP contribution in [0.1, 0.15) is 27.2 Å². The predicted octanol–water partition coefficient (Wildman–Crippen LogP) is -0.0667.